The molecule has 10 nitrogen and oxygen atoms in total. The van der Waals surface area contributed by atoms with Crippen LogP contribution >= 0.6 is 0 Å². The molecule has 10 heteroatoms. The molecule has 178 valence electrons. The highest BCUT2D eigenvalue weighted by Crippen LogP contribution is 2.26. The largest absolute Gasteiger partial charge is 0.480 e. The van der Waals surface area contributed by atoms with Crippen molar-refractivity contribution in [1.82, 2.24) is 28.9 Å². The van der Waals surface area contributed by atoms with E-state index in [1.165, 1.54) is 0 Å². The number of carboxylic acid groups (broad SMARTS) is 1. The molecule has 4 aromatic rings. The lowest BCUT2D eigenvalue weighted by molar-refractivity contribution is -0.140. The third-order valence-electron chi connectivity index (χ3n) is 7.05. The Labute approximate surface area is 200 Å². The predicted molar refractivity (Wildman–Crippen MR) is 132 cm³/mol. The van der Waals surface area contributed by atoms with E-state index in [1.807, 2.05) is 42.5 Å². The predicted octanol–water partition coefficient (Wildman–Crippen LogP) is 1.78. The SMILES string of the molecule is CN1C(CN2CC[C@H](n3c(=O)n(-c4cnc5ccccc5c4)c4cccnc43)C2)=NCC1C(=O)O. The fourth-order valence-corrected chi connectivity index (χ4v) is 5.19. The molecule has 5 heterocycles. The van der Waals surface area contributed by atoms with Gasteiger partial charge in [-0.3, -0.25) is 24.0 Å². The number of nitrogens with zero attached hydrogens (tertiary/aromatic N) is 7. The van der Waals surface area contributed by atoms with Crippen LogP contribution in [0.4, 0.5) is 0 Å². The number of para-hydroxylation sites is 1. The van der Waals surface area contributed by atoms with Gasteiger partial charge in [0.2, 0.25) is 0 Å². The number of carbonyl (C=O) groups is 1. The van der Waals surface area contributed by atoms with Crippen LogP contribution in [0.3, 0.4) is 0 Å². The van der Waals surface area contributed by atoms with E-state index < -0.39 is 12.0 Å². The summed E-state index contributed by atoms with van der Waals surface area (Å²) in [7, 11) is 1.78. The number of hydrogen-bond acceptors (Lipinski definition) is 7. The Balaban J connectivity index is 1.32. The first-order chi connectivity index (χ1) is 17.0. The first kappa shape index (κ1) is 21.5. The maximum Gasteiger partial charge on any atom is 0.335 e. The average molecular weight is 472 g/mol. The number of hydrogen-bond donors (Lipinski definition) is 1. The molecular weight excluding hydrogens is 446 g/mol. The second-order valence-corrected chi connectivity index (χ2v) is 9.12. The van der Waals surface area contributed by atoms with Gasteiger partial charge in [-0.15, -0.1) is 0 Å². The van der Waals surface area contributed by atoms with Crippen molar-refractivity contribution < 1.29 is 9.90 Å². The van der Waals surface area contributed by atoms with Crippen molar-refractivity contribution in [3.8, 4) is 5.69 Å². The second kappa shape index (κ2) is 8.31. The lowest BCUT2D eigenvalue weighted by atomic mass is 10.2. The van der Waals surface area contributed by atoms with E-state index in [1.54, 1.807) is 33.5 Å². The van der Waals surface area contributed by atoms with Crippen molar-refractivity contribution in [2.45, 2.75) is 18.5 Å². The number of aliphatic carboxylic acids is 1. The van der Waals surface area contributed by atoms with Gasteiger partial charge in [-0.2, -0.15) is 0 Å². The first-order valence-corrected chi connectivity index (χ1v) is 11.7. The molecule has 0 amide bonds. The smallest absolute Gasteiger partial charge is 0.335 e. The minimum absolute atomic E-state index is 0.0443. The van der Waals surface area contributed by atoms with Gasteiger partial charge < -0.3 is 10.0 Å². The number of pyridine rings is 2. The number of rotatable bonds is 5. The summed E-state index contributed by atoms with van der Waals surface area (Å²) in [6.45, 7) is 2.29. The maximum atomic E-state index is 13.8. The molecule has 0 radical (unpaired) electrons. The van der Waals surface area contributed by atoms with Crippen molar-refractivity contribution in [3.63, 3.8) is 0 Å². The van der Waals surface area contributed by atoms with E-state index >= 15 is 0 Å². The molecule has 0 spiro atoms. The van der Waals surface area contributed by atoms with E-state index in [-0.39, 0.29) is 18.3 Å². The van der Waals surface area contributed by atoms with Crippen LogP contribution in [0.15, 0.2) is 64.6 Å². The molecule has 1 aromatic carbocycles. The van der Waals surface area contributed by atoms with Crippen LogP contribution in [0.2, 0.25) is 0 Å². The van der Waals surface area contributed by atoms with Crippen molar-refractivity contribution in [2.75, 3.05) is 33.2 Å². The van der Waals surface area contributed by atoms with Gasteiger partial charge in [0.15, 0.2) is 5.65 Å². The number of likely N-dealkylation sites (N-methyl/N-ethyl adjacent to an activating group) is 1. The van der Waals surface area contributed by atoms with Crippen LogP contribution in [0.5, 0.6) is 0 Å². The van der Waals surface area contributed by atoms with Gasteiger partial charge in [0.25, 0.3) is 0 Å². The van der Waals surface area contributed by atoms with Crippen molar-refractivity contribution in [2.24, 2.45) is 4.99 Å². The van der Waals surface area contributed by atoms with E-state index in [9.17, 15) is 14.7 Å². The minimum Gasteiger partial charge on any atom is -0.480 e. The summed E-state index contributed by atoms with van der Waals surface area (Å²) in [4.78, 5) is 42.7. The molecule has 6 rings (SSSR count). The Kier molecular flexibility index (Phi) is 5.10. The van der Waals surface area contributed by atoms with Gasteiger partial charge in [-0.25, -0.2) is 14.6 Å². The van der Waals surface area contributed by atoms with Crippen LogP contribution in [-0.4, -0.2) is 85.1 Å². The zero-order valence-electron chi connectivity index (χ0n) is 19.3. The quantitative estimate of drug-likeness (QED) is 0.473. The zero-order valence-corrected chi connectivity index (χ0v) is 19.3. The standard InChI is InChI=1S/C25H25N7O3/c1-29-21(24(33)34)13-28-22(29)15-30-10-8-17(14-30)32-23-20(7-4-9-26-23)31(25(32)35)18-11-16-5-2-3-6-19(16)27-12-18/h2-7,9,11-12,17,21H,8,10,13-15H2,1H3,(H,33,34)/t17-,21?/m0/s1. The highest BCUT2D eigenvalue weighted by molar-refractivity contribution is 5.91. The minimum atomic E-state index is -0.862. The van der Waals surface area contributed by atoms with Crippen molar-refractivity contribution in [1.29, 1.82) is 0 Å². The van der Waals surface area contributed by atoms with Crippen LogP contribution in [0.25, 0.3) is 27.8 Å². The van der Waals surface area contributed by atoms with E-state index in [0.29, 0.717) is 24.4 Å². The van der Waals surface area contributed by atoms with Gasteiger partial charge in [0.1, 0.15) is 11.9 Å². The number of imidazole rings is 1. The lowest BCUT2D eigenvalue weighted by Gasteiger charge is -2.23. The number of carboxylic acids is 1. The molecule has 2 atom stereocenters. The van der Waals surface area contributed by atoms with Gasteiger partial charge in [-0.05, 0) is 30.7 Å². The first-order valence-electron chi connectivity index (χ1n) is 11.7. The Hall–Kier alpha value is -4.05. The highest BCUT2D eigenvalue weighted by atomic mass is 16.4. The number of amidine groups is 1. The molecule has 1 unspecified atom stereocenters. The Morgan fingerprint density at radius 3 is 2.86 bits per heavy atom. The Morgan fingerprint density at radius 1 is 1.17 bits per heavy atom. The Morgan fingerprint density at radius 2 is 2.03 bits per heavy atom. The van der Waals surface area contributed by atoms with Crippen LogP contribution in [0.1, 0.15) is 12.5 Å². The molecule has 1 fully saturated rings. The molecule has 0 bridgehead atoms. The monoisotopic (exact) mass is 471 g/mol. The zero-order chi connectivity index (χ0) is 24.1. The van der Waals surface area contributed by atoms with Gasteiger partial charge in [0, 0.05) is 31.7 Å². The summed E-state index contributed by atoms with van der Waals surface area (Å²) in [5, 5.41) is 10.3. The summed E-state index contributed by atoms with van der Waals surface area (Å²) >= 11 is 0. The van der Waals surface area contributed by atoms with E-state index in [0.717, 1.165) is 35.2 Å². The third kappa shape index (κ3) is 3.57. The van der Waals surface area contributed by atoms with Crippen molar-refractivity contribution >= 4 is 33.9 Å². The number of benzene rings is 1. The van der Waals surface area contributed by atoms with Gasteiger partial charge in [0.05, 0.1) is 42.0 Å². The normalized spacial score (nSPS) is 20.7. The summed E-state index contributed by atoms with van der Waals surface area (Å²) in [5.41, 5.74) is 2.85. The van der Waals surface area contributed by atoms with Gasteiger partial charge >= 0.3 is 11.7 Å². The molecule has 1 saturated heterocycles. The summed E-state index contributed by atoms with van der Waals surface area (Å²) in [5.74, 6) is -0.0904. The molecule has 0 aliphatic carbocycles. The lowest BCUT2D eigenvalue weighted by Crippen LogP contribution is -2.43. The van der Waals surface area contributed by atoms with Crippen LogP contribution < -0.4 is 5.69 Å². The third-order valence-corrected chi connectivity index (χ3v) is 7.05. The van der Waals surface area contributed by atoms with Crippen LogP contribution in [0, 0.1) is 0 Å². The fourth-order valence-electron chi connectivity index (χ4n) is 5.19. The molecule has 35 heavy (non-hydrogen) atoms. The molecule has 2 aliphatic rings. The number of fused-ring (bicyclic) bond motifs is 2. The summed E-state index contributed by atoms with van der Waals surface area (Å²) in [6, 6.07) is 12.9. The van der Waals surface area contributed by atoms with Gasteiger partial charge in [-0.1, -0.05) is 18.2 Å². The van der Waals surface area contributed by atoms with E-state index in [2.05, 4.69) is 19.9 Å². The summed E-state index contributed by atoms with van der Waals surface area (Å²) < 4.78 is 3.49. The number of likely N-dealkylation sites (tertiary alicyclic amines) is 1. The average Bonchev–Trinajstić information content (AvgIpc) is 3.54. The number of aliphatic imine (C=N–C) groups is 1. The molecule has 1 N–H and O–H groups in total. The molecule has 2 aliphatic heterocycles. The Bertz CT molecular complexity index is 1540. The summed E-state index contributed by atoms with van der Waals surface area (Å²) in [6.07, 6.45) is 4.24. The van der Waals surface area contributed by atoms with Crippen LogP contribution in [-0.2, 0) is 4.79 Å². The molecular formula is C25H25N7O3. The highest BCUT2D eigenvalue weighted by Gasteiger charge is 2.34. The topological polar surface area (TPSA) is 109 Å². The number of aromatic nitrogens is 4. The maximum absolute atomic E-state index is 13.8. The van der Waals surface area contributed by atoms with E-state index in [4.69, 9.17) is 0 Å². The molecule has 3 aromatic heterocycles. The van der Waals surface area contributed by atoms with Crippen molar-refractivity contribution in [3.05, 3.63) is 65.3 Å². The molecule has 0 saturated carbocycles. The fraction of sp³-hybridized carbons (Fsp3) is 0.320. The second-order valence-electron chi connectivity index (χ2n) is 9.12.